The number of aryl methyl sites for hydroxylation is 1. The zero-order valence-electron chi connectivity index (χ0n) is 14.5. The number of nitrogens with one attached hydrogen (secondary N) is 2. The summed E-state index contributed by atoms with van der Waals surface area (Å²) in [5.74, 6) is 0.164. The van der Waals surface area contributed by atoms with Crippen molar-refractivity contribution in [3.05, 3.63) is 77.7 Å². The summed E-state index contributed by atoms with van der Waals surface area (Å²) < 4.78 is 0. The van der Waals surface area contributed by atoms with Gasteiger partial charge in [0, 0.05) is 16.9 Å². The van der Waals surface area contributed by atoms with Crippen LogP contribution in [0.2, 0.25) is 0 Å². The number of ketones is 1. The van der Waals surface area contributed by atoms with Gasteiger partial charge < -0.3 is 10.6 Å². The van der Waals surface area contributed by atoms with Gasteiger partial charge in [-0.2, -0.15) is 0 Å². The lowest BCUT2D eigenvalue weighted by atomic mass is 10.1. The van der Waals surface area contributed by atoms with Crippen molar-refractivity contribution in [1.82, 2.24) is 9.97 Å². The zero-order chi connectivity index (χ0) is 18.5. The smallest absolute Gasteiger partial charge is 0.275 e. The average Bonchev–Trinajstić information content (AvgIpc) is 2.64. The van der Waals surface area contributed by atoms with E-state index in [1.807, 2.05) is 31.2 Å². The molecule has 1 aromatic heterocycles. The fraction of sp³-hybridized carbons (Fsp3) is 0.100. The highest BCUT2D eigenvalue weighted by Gasteiger charge is 2.09. The molecule has 0 aliphatic heterocycles. The average molecular weight is 346 g/mol. The molecule has 0 fully saturated rings. The molecule has 0 unspecified atom stereocenters. The Bertz CT molecular complexity index is 918. The summed E-state index contributed by atoms with van der Waals surface area (Å²) in [6, 6.07) is 14.6. The maximum absolute atomic E-state index is 12.2. The van der Waals surface area contributed by atoms with Gasteiger partial charge in [0.05, 0.1) is 12.4 Å². The Kier molecular flexibility index (Phi) is 5.03. The molecule has 0 saturated carbocycles. The third-order valence-electron chi connectivity index (χ3n) is 3.76. The number of Topliss-reactive ketones (excluding diaryl/α,β-unsaturated/α-hetero) is 1. The van der Waals surface area contributed by atoms with Gasteiger partial charge in [-0.25, -0.2) is 9.97 Å². The molecule has 0 atom stereocenters. The molecule has 3 aromatic rings. The SMILES string of the molecule is CC(=O)c1ccc(NC(=O)c2cnc(Nc3ccc(C)cc3)cn2)cc1. The van der Waals surface area contributed by atoms with Gasteiger partial charge in [0.15, 0.2) is 5.78 Å². The molecule has 3 rings (SSSR count). The number of aromatic nitrogens is 2. The van der Waals surface area contributed by atoms with Gasteiger partial charge in [-0.3, -0.25) is 9.59 Å². The Labute approximate surface area is 151 Å². The van der Waals surface area contributed by atoms with E-state index in [9.17, 15) is 9.59 Å². The van der Waals surface area contributed by atoms with Crippen molar-refractivity contribution >= 4 is 28.9 Å². The van der Waals surface area contributed by atoms with Crippen LogP contribution in [0.15, 0.2) is 60.9 Å². The fourth-order valence-electron chi connectivity index (χ4n) is 2.28. The molecule has 130 valence electrons. The van der Waals surface area contributed by atoms with Gasteiger partial charge in [0.2, 0.25) is 0 Å². The molecule has 6 heteroatoms. The molecule has 2 N–H and O–H groups in total. The van der Waals surface area contributed by atoms with Gasteiger partial charge in [0.1, 0.15) is 11.5 Å². The topological polar surface area (TPSA) is 84.0 Å². The molecule has 0 aliphatic carbocycles. The largest absolute Gasteiger partial charge is 0.339 e. The van der Waals surface area contributed by atoms with Crippen LogP contribution in [0.5, 0.6) is 0 Å². The van der Waals surface area contributed by atoms with Gasteiger partial charge in [-0.05, 0) is 50.2 Å². The normalized spacial score (nSPS) is 10.2. The first-order chi connectivity index (χ1) is 12.5. The van der Waals surface area contributed by atoms with Crippen molar-refractivity contribution < 1.29 is 9.59 Å². The summed E-state index contributed by atoms with van der Waals surface area (Å²) in [5, 5.41) is 5.85. The summed E-state index contributed by atoms with van der Waals surface area (Å²) in [6.07, 6.45) is 2.92. The van der Waals surface area contributed by atoms with Gasteiger partial charge >= 0.3 is 0 Å². The number of carbonyl (C=O) groups is 2. The second kappa shape index (κ2) is 7.57. The molecule has 1 heterocycles. The van der Waals surface area contributed by atoms with Crippen LogP contribution in [-0.2, 0) is 0 Å². The van der Waals surface area contributed by atoms with E-state index in [1.165, 1.54) is 24.9 Å². The number of hydrogen-bond donors (Lipinski definition) is 2. The summed E-state index contributed by atoms with van der Waals surface area (Å²) in [4.78, 5) is 31.9. The van der Waals surface area contributed by atoms with Crippen molar-refractivity contribution in [2.45, 2.75) is 13.8 Å². The molecule has 26 heavy (non-hydrogen) atoms. The molecular weight excluding hydrogens is 328 g/mol. The van der Waals surface area contributed by atoms with Crippen molar-refractivity contribution in [2.24, 2.45) is 0 Å². The maximum atomic E-state index is 12.2. The van der Waals surface area contributed by atoms with E-state index < -0.39 is 0 Å². The quantitative estimate of drug-likeness (QED) is 0.683. The minimum absolute atomic E-state index is 0.0228. The van der Waals surface area contributed by atoms with Crippen molar-refractivity contribution in [3.8, 4) is 0 Å². The van der Waals surface area contributed by atoms with E-state index in [2.05, 4.69) is 20.6 Å². The molecule has 0 bridgehead atoms. The molecule has 0 spiro atoms. The van der Waals surface area contributed by atoms with Gasteiger partial charge in [-0.15, -0.1) is 0 Å². The Morgan fingerprint density at radius 1 is 0.846 bits per heavy atom. The minimum Gasteiger partial charge on any atom is -0.339 e. The molecule has 1 amide bonds. The van der Waals surface area contributed by atoms with Crippen LogP contribution < -0.4 is 10.6 Å². The van der Waals surface area contributed by atoms with E-state index in [0.717, 1.165) is 5.69 Å². The molecule has 2 aromatic carbocycles. The van der Waals surface area contributed by atoms with Crippen molar-refractivity contribution in [2.75, 3.05) is 10.6 Å². The van der Waals surface area contributed by atoms with E-state index in [0.29, 0.717) is 17.1 Å². The Morgan fingerprint density at radius 3 is 2.08 bits per heavy atom. The molecule has 0 aliphatic rings. The summed E-state index contributed by atoms with van der Waals surface area (Å²) in [5.41, 5.74) is 3.45. The van der Waals surface area contributed by atoms with Crippen LogP contribution in [0.3, 0.4) is 0 Å². The fourth-order valence-corrected chi connectivity index (χ4v) is 2.28. The molecule has 0 saturated heterocycles. The number of carbonyl (C=O) groups excluding carboxylic acids is 2. The van der Waals surface area contributed by atoms with Crippen LogP contribution in [0.25, 0.3) is 0 Å². The lowest BCUT2D eigenvalue weighted by Crippen LogP contribution is -2.14. The Morgan fingerprint density at radius 2 is 1.50 bits per heavy atom. The number of nitrogens with zero attached hydrogens (tertiary/aromatic N) is 2. The summed E-state index contributed by atoms with van der Waals surface area (Å²) in [7, 11) is 0. The molecule has 6 nitrogen and oxygen atoms in total. The highest BCUT2D eigenvalue weighted by molar-refractivity contribution is 6.03. The van der Waals surface area contributed by atoms with E-state index in [4.69, 9.17) is 0 Å². The maximum Gasteiger partial charge on any atom is 0.275 e. The van der Waals surface area contributed by atoms with Crippen LogP contribution in [0, 0.1) is 6.92 Å². The first-order valence-corrected chi connectivity index (χ1v) is 8.09. The van der Waals surface area contributed by atoms with Crippen LogP contribution in [0.4, 0.5) is 17.2 Å². The first kappa shape index (κ1) is 17.3. The van der Waals surface area contributed by atoms with Crippen LogP contribution in [0.1, 0.15) is 33.3 Å². The second-order valence-electron chi connectivity index (χ2n) is 5.87. The van der Waals surface area contributed by atoms with E-state index in [-0.39, 0.29) is 17.4 Å². The minimum atomic E-state index is -0.366. The lowest BCUT2D eigenvalue weighted by molar-refractivity contribution is 0.101. The third kappa shape index (κ3) is 4.30. The van der Waals surface area contributed by atoms with Crippen molar-refractivity contribution in [1.29, 1.82) is 0 Å². The summed E-state index contributed by atoms with van der Waals surface area (Å²) in [6.45, 7) is 3.51. The molecule has 0 radical (unpaired) electrons. The van der Waals surface area contributed by atoms with Crippen molar-refractivity contribution in [3.63, 3.8) is 0 Å². The highest BCUT2D eigenvalue weighted by Crippen LogP contribution is 2.15. The Balaban J connectivity index is 1.64. The summed E-state index contributed by atoms with van der Waals surface area (Å²) >= 11 is 0. The number of benzene rings is 2. The second-order valence-corrected chi connectivity index (χ2v) is 5.87. The number of hydrogen-bond acceptors (Lipinski definition) is 5. The van der Waals surface area contributed by atoms with E-state index >= 15 is 0 Å². The Hall–Kier alpha value is -3.54. The predicted octanol–water partition coefficient (Wildman–Crippen LogP) is 3.98. The van der Waals surface area contributed by atoms with Gasteiger partial charge in [0.25, 0.3) is 5.91 Å². The first-order valence-electron chi connectivity index (χ1n) is 8.09. The van der Waals surface area contributed by atoms with E-state index in [1.54, 1.807) is 24.3 Å². The number of amides is 1. The number of anilines is 3. The molecular formula is C20H18N4O2. The monoisotopic (exact) mass is 346 g/mol. The third-order valence-corrected chi connectivity index (χ3v) is 3.76. The highest BCUT2D eigenvalue weighted by atomic mass is 16.2. The predicted molar refractivity (Wildman–Crippen MR) is 101 cm³/mol. The van der Waals surface area contributed by atoms with Crippen LogP contribution >= 0.6 is 0 Å². The zero-order valence-corrected chi connectivity index (χ0v) is 14.5. The lowest BCUT2D eigenvalue weighted by Gasteiger charge is -2.07. The van der Waals surface area contributed by atoms with Crippen LogP contribution in [-0.4, -0.2) is 21.7 Å². The number of rotatable bonds is 5. The standard InChI is InChI=1S/C20H18N4O2/c1-13-3-7-16(8-4-13)23-19-12-21-18(11-22-19)20(26)24-17-9-5-15(6-10-17)14(2)25/h3-12H,1-2H3,(H,22,23)(H,24,26). The van der Waals surface area contributed by atoms with Gasteiger partial charge in [-0.1, -0.05) is 17.7 Å².